The Hall–Kier alpha value is -0.640. The molecule has 0 unspecified atom stereocenters. The molecule has 0 saturated carbocycles. The molecule has 2 heterocycles. The van der Waals surface area contributed by atoms with Crippen LogP contribution in [0.4, 0.5) is 0 Å². The Morgan fingerprint density at radius 2 is 2.20 bits per heavy atom. The van der Waals surface area contributed by atoms with E-state index in [0.717, 1.165) is 38.5 Å². The van der Waals surface area contributed by atoms with Crippen LogP contribution in [0.1, 0.15) is 11.3 Å². The largest absolute Gasteiger partial charge is 0.379 e. The van der Waals surface area contributed by atoms with Gasteiger partial charge in [-0.1, -0.05) is 11.6 Å². The standard InChI is InChI=1S/C11H15ClN2O/c1-9-10(6-11(12)7-13-9)8-14-2-4-15-5-3-14/h6-7H,2-5,8H2,1H3. The van der Waals surface area contributed by atoms with Crippen LogP contribution in [0.3, 0.4) is 0 Å². The summed E-state index contributed by atoms with van der Waals surface area (Å²) >= 11 is 5.93. The Bertz CT molecular complexity index is 337. The van der Waals surface area contributed by atoms with E-state index in [0.29, 0.717) is 5.02 Å². The fourth-order valence-corrected chi connectivity index (χ4v) is 1.89. The Morgan fingerprint density at radius 3 is 2.93 bits per heavy atom. The van der Waals surface area contributed by atoms with Crippen LogP contribution in [-0.4, -0.2) is 36.2 Å². The maximum absolute atomic E-state index is 5.93. The minimum Gasteiger partial charge on any atom is -0.379 e. The number of hydrogen-bond acceptors (Lipinski definition) is 3. The average Bonchev–Trinajstić information content (AvgIpc) is 2.25. The van der Waals surface area contributed by atoms with Gasteiger partial charge in [0.05, 0.1) is 18.2 Å². The second kappa shape index (κ2) is 4.92. The van der Waals surface area contributed by atoms with Crippen molar-refractivity contribution in [1.29, 1.82) is 0 Å². The highest BCUT2D eigenvalue weighted by Crippen LogP contribution is 2.15. The van der Waals surface area contributed by atoms with E-state index in [9.17, 15) is 0 Å². The SMILES string of the molecule is Cc1ncc(Cl)cc1CN1CCOCC1. The number of halogens is 1. The predicted octanol–water partition coefficient (Wildman–Crippen LogP) is 1.88. The number of aromatic nitrogens is 1. The van der Waals surface area contributed by atoms with Gasteiger partial charge in [-0.2, -0.15) is 0 Å². The third-order valence-electron chi connectivity index (χ3n) is 2.66. The molecule has 1 saturated heterocycles. The van der Waals surface area contributed by atoms with Crippen LogP contribution >= 0.6 is 11.6 Å². The summed E-state index contributed by atoms with van der Waals surface area (Å²) in [6.07, 6.45) is 1.69. The lowest BCUT2D eigenvalue weighted by Crippen LogP contribution is -2.35. The lowest BCUT2D eigenvalue weighted by molar-refractivity contribution is 0.0340. The molecule has 0 aromatic carbocycles. The summed E-state index contributed by atoms with van der Waals surface area (Å²) in [5.41, 5.74) is 2.27. The maximum atomic E-state index is 5.93. The van der Waals surface area contributed by atoms with Crippen LogP contribution in [0.15, 0.2) is 12.3 Å². The highest BCUT2D eigenvalue weighted by molar-refractivity contribution is 6.30. The van der Waals surface area contributed by atoms with Crippen molar-refractivity contribution in [2.75, 3.05) is 26.3 Å². The zero-order valence-corrected chi connectivity index (χ0v) is 9.63. The molecule has 3 nitrogen and oxygen atoms in total. The fourth-order valence-electron chi connectivity index (χ4n) is 1.71. The molecular formula is C11H15ClN2O. The first-order valence-electron chi connectivity index (χ1n) is 5.17. The van der Waals surface area contributed by atoms with Gasteiger partial charge < -0.3 is 4.74 Å². The van der Waals surface area contributed by atoms with Gasteiger partial charge in [0.25, 0.3) is 0 Å². The molecule has 1 fully saturated rings. The van der Waals surface area contributed by atoms with Crippen molar-refractivity contribution in [2.45, 2.75) is 13.5 Å². The third-order valence-corrected chi connectivity index (χ3v) is 2.86. The van der Waals surface area contributed by atoms with Gasteiger partial charge in [0.1, 0.15) is 0 Å². The minimum absolute atomic E-state index is 0.712. The summed E-state index contributed by atoms with van der Waals surface area (Å²) < 4.78 is 5.31. The van der Waals surface area contributed by atoms with Gasteiger partial charge in [-0.05, 0) is 18.6 Å². The maximum Gasteiger partial charge on any atom is 0.0594 e. The summed E-state index contributed by atoms with van der Waals surface area (Å²) in [6, 6.07) is 2.00. The second-order valence-corrected chi connectivity index (χ2v) is 4.22. The molecule has 0 radical (unpaired) electrons. The fraction of sp³-hybridized carbons (Fsp3) is 0.545. The summed E-state index contributed by atoms with van der Waals surface area (Å²) in [5.74, 6) is 0. The van der Waals surface area contributed by atoms with E-state index in [1.807, 2.05) is 13.0 Å². The molecule has 0 aliphatic carbocycles. The number of aryl methyl sites for hydroxylation is 1. The number of ether oxygens (including phenoxy) is 1. The van der Waals surface area contributed by atoms with Crippen molar-refractivity contribution in [3.63, 3.8) is 0 Å². The molecule has 2 rings (SSSR count). The molecule has 1 aliphatic heterocycles. The first-order chi connectivity index (χ1) is 7.25. The predicted molar refractivity (Wildman–Crippen MR) is 60.1 cm³/mol. The van der Waals surface area contributed by atoms with Gasteiger partial charge in [-0.15, -0.1) is 0 Å². The summed E-state index contributed by atoms with van der Waals surface area (Å²) in [7, 11) is 0. The molecule has 0 amide bonds. The van der Waals surface area contributed by atoms with Crippen LogP contribution in [-0.2, 0) is 11.3 Å². The lowest BCUT2D eigenvalue weighted by atomic mass is 10.2. The van der Waals surface area contributed by atoms with Crippen LogP contribution in [0, 0.1) is 6.92 Å². The quantitative estimate of drug-likeness (QED) is 0.770. The Labute approximate surface area is 95.0 Å². The number of morpholine rings is 1. The van der Waals surface area contributed by atoms with E-state index < -0.39 is 0 Å². The van der Waals surface area contributed by atoms with Crippen molar-refractivity contribution < 1.29 is 4.74 Å². The minimum atomic E-state index is 0.712. The number of pyridine rings is 1. The van der Waals surface area contributed by atoms with E-state index in [1.54, 1.807) is 6.20 Å². The van der Waals surface area contributed by atoms with E-state index in [-0.39, 0.29) is 0 Å². The highest BCUT2D eigenvalue weighted by atomic mass is 35.5. The number of rotatable bonds is 2. The van der Waals surface area contributed by atoms with Gasteiger partial charge in [0.2, 0.25) is 0 Å². The second-order valence-electron chi connectivity index (χ2n) is 3.79. The average molecular weight is 227 g/mol. The normalized spacial score (nSPS) is 18.0. The Kier molecular flexibility index (Phi) is 3.57. The third kappa shape index (κ3) is 2.91. The molecule has 0 atom stereocenters. The van der Waals surface area contributed by atoms with Gasteiger partial charge in [0.15, 0.2) is 0 Å². The topological polar surface area (TPSA) is 25.4 Å². The van der Waals surface area contributed by atoms with Gasteiger partial charge in [-0.3, -0.25) is 9.88 Å². The van der Waals surface area contributed by atoms with Crippen molar-refractivity contribution >= 4 is 11.6 Å². The Morgan fingerprint density at radius 1 is 1.47 bits per heavy atom. The van der Waals surface area contributed by atoms with Crippen LogP contribution in [0.2, 0.25) is 5.02 Å². The zero-order chi connectivity index (χ0) is 10.7. The van der Waals surface area contributed by atoms with Gasteiger partial charge in [-0.25, -0.2) is 0 Å². The number of nitrogens with zero attached hydrogens (tertiary/aromatic N) is 2. The molecule has 1 aliphatic rings. The molecular weight excluding hydrogens is 212 g/mol. The molecule has 0 N–H and O–H groups in total. The molecule has 0 bridgehead atoms. The molecule has 1 aromatic rings. The zero-order valence-electron chi connectivity index (χ0n) is 8.87. The molecule has 15 heavy (non-hydrogen) atoms. The smallest absolute Gasteiger partial charge is 0.0594 e. The van der Waals surface area contributed by atoms with Crippen LogP contribution < -0.4 is 0 Å². The lowest BCUT2D eigenvalue weighted by Gasteiger charge is -2.26. The molecule has 1 aromatic heterocycles. The summed E-state index contributed by atoms with van der Waals surface area (Å²) in [4.78, 5) is 6.62. The summed E-state index contributed by atoms with van der Waals surface area (Å²) in [5, 5.41) is 0.712. The first kappa shape index (κ1) is 10.9. The van der Waals surface area contributed by atoms with Crippen molar-refractivity contribution in [3.8, 4) is 0 Å². The van der Waals surface area contributed by atoms with Crippen molar-refractivity contribution in [3.05, 3.63) is 28.5 Å². The van der Waals surface area contributed by atoms with Gasteiger partial charge >= 0.3 is 0 Å². The van der Waals surface area contributed by atoms with Gasteiger partial charge in [0, 0.05) is 31.5 Å². The molecule has 82 valence electrons. The summed E-state index contributed by atoms with van der Waals surface area (Å²) in [6.45, 7) is 6.58. The van der Waals surface area contributed by atoms with E-state index in [4.69, 9.17) is 16.3 Å². The first-order valence-corrected chi connectivity index (χ1v) is 5.54. The van der Waals surface area contributed by atoms with Crippen molar-refractivity contribution in [1.82, 2.24) is 9.88 Å². The molecule has 4 heteroatoms. The van der Waals surface area contributed by atoms with Crippen molar-refractivity contribution in [2.24, 2.45) is 0 Å². The monoisotopic (exact) mass is 226 g/mol. The van der Waals surface area contributed by atoms with E-state index in [2.05, 4.69) is 9.88 Å². The van der Waals surface area contributed by atoms with Crippen LogP contribution in [0.25, 0.3) is 0 Å². The van der Waals surface area contributed by atoms with Crippen LogP contribution in [0.5, 0.6) is 0 Å². The number of hydrogen-bond donors (Lipinski definition) is 0. The van der Waals surface area contributed by atoms with E-state index >= 15 is 0 Å². The molecule has 0 spiro atoms. The highest BCUT2D eigenvalue weighted by Gasteiger charge is 2.12. The Balaban J connectivity index is 2.05. The van der Waals surface area contributed by atoms with E-state index in [1.165, 1.54) is 5.56 Å².